The highest BCUT2D eigenvalue weighted by atomic mass is 32.1. The van der Waals surface area contributed by atoms with E-state index in [0.717, 1.165) is 24.3 Å². The van der Waals surface area contributed by atoms with Gasteiger partial charge in [0.25, 0.3) is 0 Å². The monoisotopic (exact) mass is 254 g/mol. The lowest BCUT2D eigenvalue weighted by atomic mass is 9.94. The van der Waals surface area contributed by atoms with Crippen LogP contribution in [0.2, 0.25) is 0 Å². The first-order valence-electron chi connectivity index (χ1n) is 5.90. The molecule has 1 aromatic rings. The normalized spacial score (nSPS) is 24.5. The van der Waals surface area contributed by atoms with Crippen LogP contribution in [0.4, 0.5) is 0 Å². The Kier molecular flexibility index (Phi) is 4.15. The second-order valence-electron chi connectivity index (χ2n) is 4.54. The molecule has 0 aliphatic carbocycles. The van der Waals surface area contributed by atoms with Gasteiger partial charge in [-0.05, 0) is 30.8 Å². The highest BCUT2D eigenvalue weighted by molar-refractivity contribution is 7.10. The molecule has 2 heterocycles. The van der Waals surface area contributed by atoms with Gasteiger partial charge >= 0.3 is 0 Å². The van der Waals surface area contributed by atoms with Crippen LogP contribution in [0.15, 0.2) is 17.5 Å². The van der Waals surface area contributed by atoms with E-state index in [1.165, 1.54) is 0 Å². The van der Waals surface area contributed by atoms with E-state index in [2.05, 4.69) is 10.6 Å². The van der Waals surface area contributed by atoms with E-state index in [1.54, 1.807) is 11.3 Å². The molecule has 0 unspecified atom stereocenters. The molecule has 94 valence electrons. The summed E-state index contributed by atoms with van der Waals surface area (Å²) in [6, 6.07) is 3.88. The number of aliphatic hydroxyl groups is 1. The summed E-state index contributed by atoms with van der Waals surface area (Å²) in [4.78, 5) is 12.7. The minimum Gasteiger partial charge on any atom is -0.387 e. The van der Waals surface area contributed by atoms with E-state index in [0.29, 0.717) is 19.5 Å². The fourth-order valence-corrected chi connectivity index (χ4v) is 2.70. The van der Waals surface area contributed by atoms with E-state index >= 15 is 0 Å². The van der Waals surface area contributed by atoms with Crippen molar-refractivity contribution in [2.45, 2.75) is 24.9 Å². The molecule has 17 heavy (non-hydrogen) atoms. The van der Waals surface area contributed by atoms with E-state index in [-0.39, 0.29) is 5.91 Å². The third kappa shape index (κ3) is 3.80. The fraction of sp³-hybridized carbons (Fsp3) is 0.583. The molecule has 3 N–H and O–H groups in total. The van der Waals surface area contributed by atoms with Gasteiger partial charge in [-0.2, -0.15) is 0 Å². The summed E-state index contributed by atoms with van der Waals surface area (Å²) in [5.74, 6) is -0.0218. The van der Waals surface area contributed by atoms with Crippen LogP contribution < -0.4 is 10.6 Å². The Morgan fingerprint density at radius 3 is 3.18 bits per heavy atom. The second kappa shape index (κ2) is 5.62. The van der Waals surface area contributed by atoms with Crippen LogP contribution >= 0.6 is 11.3 Å². The van der Waals surface area contributed by atoms with Crippen LogP contribution in [0.25, 0.3) is 0 Å². The van der Waals surface area contributed by atoms with E-state index in [4.69, 9.17) is 0 Å². The summed E-state index contributed by atoms with van der Waals surface area (Å²) in [7, 11) is 0. The molecule has 0 radical (unpaired) electrons. The van der Waals surface area contributed by atoms with Crippen LogP contribution in [0.5, 0.6) is 0 Å². The van der Waals surface area contributed by atoms with Gasteiger partial charge in [0, 0.05) is 18.0 Å². The molecular weight excluding hydrogens is 236 g/mol. The first-order chi connectivity index (χ1) is 8.18. The Morgan fingerprint density at radius 2 is 2.53 bits per heavy atom. The standard InChI is InChI=1S/C12H18N2O2S/c15-11(7-10-3-1-6-17-10)14-9-12(16)4-2-5-13-8-12/h1,3,6,13,16H,2,4-5,7-9H2,(H,14,15)/t12-/m1/s1. The predicted octanol–water partition coefficient (Wildman–Crippen LogP) is 0.521. The van der Waals surface area contributed by atoms with Gasteiger partial charge in [-0.25, -0.2) is 0 Å². The van der Waals surface area contributed by atoms with E-state index < -0.39 is 5.60 Å². The van der Waals surface area contributed by atoms with Crippen molar-refractivity contribution in [1.29, 1.82) is 0 Å². The zero-order chi connectivity index (χ0) is 12.1. The number of rotatable bonds is 4. The molecule has 5 heteroatoms. The summed E-state index contributed by atoms with van der Waals surface area (Å²) in [6.07, 6.45) is 2.11. The second-order valence-corrected chi connectivity index (χ2v) is 5.57. The van der Waals surface area contributed by atoms with Crippen molar-refractivity contribution >= 4 is 17.2 Å². The highest BCUT2D eigenvalue weighted by Crippen LogP contribution is 2.15. The lowest BCUT2D eigenvalue weighted by Crippen LogP contribution is -2.53. The van der Waals surface area contributed by atoms with Crippen LogP contribution in [-0.2, 0) is 11.2 Å². The molecule has 1 aliphatic rings. The van der Waals surface area contributed by atoms with Gasteiger partial charge in [0.15, 0.2) is 0 Å². The lowest BCUT2D eigenvalue weighted by molar-refractivity contribution is -0.121. The number of thiophene rings is 1. The summed E-state index contributed by atoms with van der Waals surface area (Å²) in [5, 5.41) is 18.1. The van der Waals surface area contributed by atoms with E-state index in [1.807, 2.05) is 17.5 Å². The average molecular weight is 254 g/mol. The van der Waals surface area contributed by atoms with Gasteiger partial charge in [-0.1, -0.05) is 6.07 Å². The lowest BCUT2D eigenvalue weighted by Gasteiger charge is -2.32. The minimum atomic E-state index is -0.774. The number of hydrogen-bond donors (Lipinski definition) is 3. The SMILES string of the molecule is O=C(Cc1cccs1)NC[C@@]1(O)CCCNC1. The highest BCUT2D eigenvalue weighted by Gasteiger charge is 2.29. The van der Waals surface area contributed by atoms with Crippen molar-refractivity contribution in [2.75, 3.05) is 19.6 Å². The van der Waals surface area contributed by atoms with Crippen molar-refractivity contribution in [2.24, 2.45) is 0 Å². The van der Waals surface area contributed by atoms with Crippen LogP contribution in [0.1, 0.15) is 17.7 Å². The van der Waals surface area contributed by atoms with Gasteiger partial charge < -0.3 is 15.7 Å². The summed E-state index contributed by atoms with van der Waals surface area (Å²) in [5.41, 5.74) is -0.774. The van der Waals surface area contributed by atoms with Gasteiger partial charge in [0.1, 0.15) is 0 Å². The molecule has 1 atom stereocenters. The van der Waals surface area contributed by atoms with Crippen LogP contribution in [-0.4, -0.2) is 36.2 Å². The Balaban J connectivity index is 1.75. The molecule has 2 rings (SSSR count). The smallest absolute Gasteiger partial charge is 0.225 e. The third-order valence-corrected chi connectivity index (χ3v) is 3.86. The largest absolute Gasteiger partial charge is 0.387 e. The summed E-state index contributed by atoms with van der Waals surface area (Å²) < 4.78 is 0. The van der Waals surface area contributed by atoms with Crippen molar-refractivity contribution in [3.8, 4) is 0 Å². The van der Waals surface area contributed by atoms with Crippen molar-refractivity contribution in [3.63, 3.8) is 0 Å². The molecule has 1 aliphatic heterocycles. The maximum atomic E-state index is 11.7. The molecule has 1 amide bonds. The number of piperidine rings is 1. The maximum Gasteiger partial charge on any atom is 0.225 e. The fourth-order valence-electron chi connectivity index (χ4n) is 2.00. The molecule has 0 saturated carbocycles. The first kappa shape index (κ1) is 12.5. The summed E-state index contributed by atoms with van der Waals surface area (Å²) in [6.45, 7) is 1.85. The van der Waals surface area contributed by atoms with Gasteiger partial charge in [0.05, 0.1) is 12.0 Å². The molecule has 0 spiro atoms. The Morgan fingerprint density at radius 1 is 1.65 bits per heavy atom. The third-order valence-electron chi connectivity index (χ3n) is 2.98. The zero-order valence-electron chi connectivity index (χ0n) is 9.74. The summed E-state index contributed by atoms with van der Waals surface area (Å²) >= 11 is 1.58. The topological polar surface area (TPSA) is 61.4 Å². The van der Waals surface area contributed by atoms with Gasteiger partial charge in [0.2, 0.25) is 5.91 Å². The quantitative estimate of drug-likeness (QED) is 0.734. The molecule has 0 bridgehead atoms. The Labute approximate surface area is 105 Å². The molecule has 1 saturated heterocycles. The minimum absolute atomic E-state index is 0.0218. The molecule has 1 fully saturated rings. The number of hydrogen-bond acceptors (Lipinski definition) is 4. The first-order valence-corrected chi connectivity index (χ1v) is 6.78. The van der Waals surface area contributed by atoms with Crippen molar-refractivity contribution in [1.82, 2.24) is 10.6 Å². The molecular formula is C12H18N2O2S. The maximum absolute atomic E-state index is 11.7. The van der Waals surface area contributed by atoms with Gasteiger partial charge in [-0.15, -0.1) is 11.3 Å². The number of carbonyl (C=O) groups excluding carboxylic acids is 1. The molecule has 4 nitrogen and oxygen atoms in total. The number of nitrogens with one attached hydrogen (secondary N) is 2. The van der Waals surface area contributed by atoms with Crippen LogP contribution in [0, 0.1) is 0 Å². The van der Waals surface area contributed by atoms with Crippen molar-refractivity contribution < 1.29 is 9.90 Å². The molecule has 1 aromatic heterocycles. The van der Waals surface area contributed by atoms with E-state index in [9.17, 15) is 9.90 Å². The van der Waals surface area contributed by atoms with Crippen molar-refractivity contribution in [3.05, 3.63) is 22.4 Å². The number of amides is 1. The predicted molar refractivity (Wildman–Crippen MR) is 68.1 cm³/mol. The van der Waals surface area contributed by atoms with Crippen LogP contribution in [0.3, 0.4) is 0 Å². The zero-order valence-corrected chi connectivity index (χ0v) is 10.6. The number of carbonyl (C=O) groups is 1. The Hall–Kier alpha value is -0.910. The average Bonchev–Trinajstić information content (AvgIpc) is 2.80. The van der Waals surface area contributed by atoms with Gasteiger partial charge in [-0.3, -0.25) is 4.79 Å². The number of β-amino-alcohol motifs (C(OH)–C–C–N with tert-alkyl or cyclic N) is 1. The molecule has 0 aromatic carbocycles. The Bertz CT molecular complexity index is 359.